The molecular weight excluding hydrogens is 248 g/mol. The van der Waals surface area contributed by atoms with Gasteiger partial charge >= 0.3 is 0 Å². The van der Waals surface area contributed by atoms with Gasteiger partial charge in [0.25, 0.3) is 0 Å². The third-order valence-electron chi connectivity index (χ3n) is 4.53. The Hall–Kier alpha value is -1.61. The third kappa shape index (κ3) is 2.50. The molecule has 1 aromatic carbocycles. The first-order valence-electron chi connectivity index (χ1n) is 7.61. The van der Waals surface area contributed by atoms with Crippen LogP contribution >= 0.6 is 0 Å². The van der Waals surface area contributed by atoms with Gasteiger partial charge < -0.3 is 10.0 Å². The highest BCUT2D eigenvalue weighted by Gasteiger charge is 2.25. The molecule has 2 atom stereocenters. The molecule has 20 heavy (non-hydrogen) atoms. The molecule has 3 rings (SSSR count). The normalized spacial score (nSPS) is 23.1. The maximum Gasteiger partial charge on any atom is 0.214 e. The number of para-hydroxylation sites is 1. The molecule has 2 heterocycles. The number of aromatic amines is 1. The Labute approximate surface area is 120 Å². The van der Waals surface area contributed by atoms with Crippen LogP contribution in [-0.4, -0.2) is 18.2 Å². The van der Waals surface area contributed by atoms with Crippen molar-refractivity contribution in [2.24, 2.45) is 5.92 Å². The Kier molecular flexibility index (Phi) is 3.62. The lowest BCUT2D eigenvalue weighted by Gasteiger charge is -2.28. The number of benzene rings is 1. The maximum atomic E-state index is 10.6. The molecule has 0 radical (unpaired) electrons. The van der Waals surface area contributed by atoms with E-state index in [4.69, 9.17) is 0 Å². The summed E-state index contributed by atoms with van der Waals surface area (Å²) in [5.74, 6) is 1.26. The fourth-order valence-electron chi connectivity index (χ4n) is 3.44. The molecule has 2 aromatic rings. The zero-order valence-corrected chi connectivity index (χ0v) is 12.4. The minimum Gasteiger partial charge on any atom is -0.506 e. The van der Waals surface area contributed by atoms with Crippen molar-refractivity contribution in [2.75, 3.05) is 13.1 Å². The van der Waals surface area contributed by atoms with Crippen molar-refractivity contribution in [1.29, 1.82) is 0 Å². The Morgan fingerprint density at radius 3 is 2.95 bits per heavy atom. The van der Waals surface area contributed by atoms with Crippen LogP contribution in [-0.2, 0) is 6.54 Å². The van der Waals surface area contributed by atoms with Crippen molar-refractivity contribution in [3.05, 3.63) is 35.5 Å². The van der Waals surface area contributed by atoms with Gasteiger partial charge in [-0.15, -0.1) is 0 Å². The molecule has 1 aromatic heterocycles. The number of rotatable bonds is 2. The number of hydrogen-bond acceptors (Lipinski definition) is 1. The van der Waals surface area contributed by atoms with Gasteiger partial charge in [0.15, 0.2) is 5.69 Å². The number of aryl methyl sites for hydroxylation is 1. The number of hydrogen-bond donors (Lipinski definition) is 2. The summed E-state index contributed by atoms with van der Waals surface area (Å²) in [7, 11) is 0. The first-order chi connectivity index (χ1) is 9.65. The number of pyridine rings is 1. The van der Waals surface area contributed by atoms with E-state index in [-0.39, 0.29) is 0 Å². The average molecular weight is 272 g/mol. The summed E-state index contributed by atoms with van der Waals surface area (Å²) in [4.78, 5) is 5.02. The Morgan fingerprint density at radius 1 is 1.35 bits per heavy atom. The minimum absolute atomic E-state index is 0.461. The SMILES string of the molecule is Cc1[nH+]c2ccccc2c(O)c1C[NH+]1CCCC(C)C1. The van der Waals surface area contributed by atoms with Crippen molar-refractivity contribution in [3.63, 3.8) is 0 Å². The van der Waals surface area contributed by atoms with Crippen molar-refractivity contribution in [3.8, 4) is 5.75 Å². The molecule has 0 aliphatic carbocycles. The van der Waals surface area contributed by atoms with E-state index in [0.29, 0.717) is 5.75 Å². The van der Waals surface area contributed by atoms with E-state index in [2.05, 4.69) is 18.8 Å². The highest BCUT2D eigenvalue weighted by atomic mass is 16.3. The molecule has 3 N–H and O–H groups in total. The molecule has 1 aliphatic heterocycles. The van der Waals surface area contributed by atoms with Crippen LogP contribution in [0.2, 0.25) is 0 Å². The molecule has 106 valence electrons. The molecule has 1 fully saturated rings. The topological polar surface area (TPSA) is 38.8 Å². The Bertz CT molecular complexity index is 624. The number of aromatic hydroxyl groups is 1. The molecule has 3 nitrogen and oxygen atoms in total. The molecule has 1 saturated heterocycles. The lowest BCUT2D eigenvalue weighted by Crippen LogP contribution is -3.12. The van der Waals surface area contributed by atoms with E-state index in [1.807, 2.05) is 24.3 Å². The zero-order valence-electron chi connectivity index (χ0n) is 12.4. The summed E-state index contributed by atoms with van der Waals surface area (Å²) < 4.78 is 0. The predicted octanol–water partition coefficient (Wildman–Crippen LogP) is 1.48. The van der Waals surface area contributed by atoms with Crippen LogP contribution in [0.5, 0.6) is 5.75 Å². The van der Waals surface area contributed by atoms with Gasteiger partial charge in [-0.25, -0.2) is 4.98 Å². The maximum absolute atomic E-state index is 10.6. The molecule has 0 spiro atoms. The third-order valence-corrected chi connectivity index (χ3v) is 4.53. The van der Waals surface area contributed by atoms with Gasteiger partial charge in [0, 0.05) is 18.9 Å². The smallest absolute Gasteiger partial charge is 0.214 e. The standard InChI is InChI=1S/C17H22N2O/c1-12-6-5-9-19(10-12)11-15-13(2)18-16-8-4-3-7-14(16)17(15)20/h3-4,7-8,12H,5-6,9-11H2,1-2H3,(H,18,20)/p+2. The van der Waals surface area contributed by atoms with Crippen molar-refractivity contribution < 1.29 is 15.0 Å². The molecular formula is C17H24N2O+2. The first kappa shape index (κ1) is 13.4. The van der Waals surface area contributed by atoms with Gasteiger partial charge in [-0.3, -0.25) is 0 Å². The molecule has 0 bridgehead atoms. The summed E-state index contributed by atoms with van der Waals surface area (Å²) in [6, 6.07) is 7.97. The molecule has 2 unspecified atom stereocenters. The number of aromatic nitrogens is 1. The quantitative estimate of drug-likeness (QED) is 0.854. The fourth-order valence-corrected chi connectivity index (χ4v) is 3.44. The van der Waals surface area contributed by atoms with Gasteiger partial charge in [0.1, 0.15) is 17.9 Å². The summed E-state index contributed by atoms with van der Waals surface area (Å²) in [5.41, 5.74) is 3.17. The van der Waals surface area contributed by atoms with Gasteiger partial charge in [-0.2, -0.15) is 0 Å². The largest absolute Gasteiger partial charge is 0.506 e. The lowest BCUT2D eigenvalue weighted by molar-refractivity contribution is -0.922. The van der Waals surface area contributed by atoms with Gasteiger partial charge in [-0.05, 0) is 18.9 Å². The van der Waals surface area contributed by atoms with E-state index >= 15 is 0 Å². The number of H-pyrrole nitrogens is 1. The van der Waals surface area contributed by atoms with Crippen LogP contribution < -0.4 is 9.88 Å². The average Bonchev–Trinajstić information content (AvgIpc) is 2.43. The number of fused-ring (bicyclic) bond motifs is 1. The van der Waals surface area contributed by atoms with Crippen LogP contribution in [0.4, 0.5) is 0 Å². The molecule has 1 aliphatic rings. The Balaban J connectivity index is 1.94. The second kappa shape index (κ2) is 5.41. The highest BCUT2D eigenvalue weighted by molar-refractivity contribution is 5.83. The van der Waals surface area contributed by atoms with Gasteiger partial charge in [0.2, 0.25) is 5.52 Å². The summed E-state index contributed by atoms with van der Waals surface area (Å²) in [6.45, 7) is 7.75. The summed E-state index contributed by atoms with van der Waals surface area (Å²) in [5, 5.41) is 11.5. The lowest BCUT2D eigenvalue weighted by atomic mass is 9.99. The number of likely N-dealkylation sites (tertiary alicyclic amines) is 1. The minimum atomic E-state index is 0.461. The van der Waals surface area contributed by atoms with Crippen molar-refractivity contribution in [1.82, 2.24) is 0 Å². The number of nitrogens with one attached hydrogen (secondary N) is 2. The molecule has 0 saturated carbocycles. The van der Waals surface area contributed by atoms with Crippen LogP contribution in [0.1, 0.15) is 31.0 Å². The highest BCUT2D eigenvalue weighted by Crippen LogP contribution is 2.26. The van der Waals surface area contributed by atoms with Gasteiger partial charge in [0.05, 0.1) is 18.5 Å². The van der Waals surface area contributed by atoms with E-state index in [9.17, 15) is 5.11 Å². The zero-order chi connectivity index (χ0) is 14.1. The second-order valence-corrected chi connectivity index (χ2v) is 6.25. The predicted molar refractivity (Wildman–Crippen MR) is 79.7 cm³/mol. The van der Waals surface area contributed by atoms with Gasteiger partial charge in [-0.1, -0.05) is 19.1 Å². The summed E-state index contributed by atoms with van der Waals surface area (Å²) >= 11 is 0. The number of piperidine rings is 1. The second-order valence-electron chi connectivity index (χ2n) is 6.25. The van der Waals surface area contributed by atoms with E-state index in [1.54, 1.807) is 4.90 Å². The molecule has 0 amide bonds. The Morgan fingerprint density at radius 2 is 2.15 bits per heavy atom. The van der Waals surface area contributed by atoms with E-state index < -0.39 is 0 Å². The van der Waals surface area contributed by atoms with E-state index in [1.165, 1.54) is 25.9 Å². The first-order valence-corrected chi connectivity index (χ1v) is 7.61. The fraction of sp³-hybridized carbons (Fsp3) is 0.471. The van der Waals surface area contributed by atoms with Crippen molar-refractivity contribution >= 4 is 10.9 Å². The van der Waals surface area contributed by atoms with Crippen LogP contribution in [0.25, 0.3) is 10.9 Å². The van der Waals surface area contributed by atoms with E-state index in [0.717, 1.165) is 34.6 Å². The van der Waals surface area contributed by atoms with Crippen LogP contribution in [0.3, 0.4) is 0 Å². The summed E-state index contributed by atoms with van der Waals surface area (Å²) in [6.07, 6.45) is 2.64. The number of quaternary nitrogens is 1. The molecule has 3 heteroatoms. The monoisotopic (exact) mass is 272 g/mol. The van der Waals surface area contributed by atoms with Crippen molar-refractivity contribution in [2.45, 2.75) is 33.2 Å². The van der Waals surface area contributed by atoms with Crippen LogP contribution in [0, 0.1) is 12.8 Å². The van der Waals surface area contributed by atoms with Crippen LogP contribution in [0.15, 0.2) is 24.3 Å².